The number of rotatable bonds is 3. The summed E-state index contributed by atoms with van der Waals surface area (Å²) in [7, 11) is 0. The molecule has 0 spiro atoms. The third-order valence-electron chi connectivity index (χ3n) is 2.80. The molecule has 0 bridgehead atoms. The monoisotopic (exact) mass is 374 g/mol. The highest BCUT2D eigenvalue weighted by Gasteiger charge is 2.13. The Balaban J connectivity index is 2.19. The van der Waals surface area contributed by atoms with Crippen LogP contribution >= 0.6 is 34.2 Å². The van der Waals surface area contributed by atoms with Crippen molar-refractivity contribution in [3.05, 3.63) is 68.5 Å². The van der Waals surface area contributed by atoms with E-state index >= 15 is 0 Å². The zero-order chi connectivity index (χ0) is 13.1. The second kappa shape index (κ2) is 6.02. The van der Waals surface area contributed by atoms with E-state index in [1.807, 2.05) is 6.07 Å². The molecule has 0 aliphatic heterocycles. The Morgan fingerprint density at radius 1 is 1.22 bits per heavy atom. The first-order valence-corrected chi connectivity index (χ1v) is 7.22. The van der Waals surface area contributed by atoms with Gasteiger partial charge < -0.3 is 0 Å². The van der Waals surface area contributed by atoms with Gasteiger partial charge >= 0.3 is 0 Å². The van der Waals surface area contributed by atoms with Gasteiger partial charge in [0.05, 0.1) is 5.38 Å². The molecule has 3 heteroatoms. The maximum atomic E-state index is 13.0. The van der Waals surface area contributed by atoms with Crippen LogP contribution in [0, 0.1) is 16.3 Å². The number of alkyl halides is 1. The molecule has 0 fully saturated rings. The molecule has 0 saturated heterocycles. The lowest BCUT2D eigenvalue weighted by atomic mass is 10.0. The maximum absolute atomic E-state index is 13.0. The van der Waals surface area contributed by atoms with E-state index in [1.54, 1.807) is 6.07 Å². The fourth-order valence-corrected chi connectivity index (χ4v) is 3.32. The van der Waals surface area contributed by atoms with Crippen LogP contribution in [-0.4, -0.2) is 0 Å². The Bertz CT molecular complexity index is 554. The van der Waals surface area contributed by atoms with Crippen molar-refractivity contribution in [3.63, 3.8) is 0 Å². The smallest absolute Gasteiger partial charge is 0.124 e. The van der Waals surface area contributed by atoms with Crippen molar-refractivity contribution in [1.82, 2.24) is 0 Å². The lowest BCUT2D eigenvalue weighted by Gasteiger charge is -2.12. The van der Waals surface area contributed by atoms with Crippen molar-refractivity contribution >= 4 is 34.2 Å². The molecule has 0 heterocycles. The van der Waals surface area contributed by atoms with Crippen molar-refractivity contribution in [1.29, 1.82) is 0 Å². The van der Waals surface area contributed by atoms with Gasteiger partial charge in [-0.25, -0.2) is 4.39 Å². The van der Waals surface area contributed by atoms with Gasteiger partial charge in [0.2, 0.25) is 0 Å². The van der Waals surface area contributed by atoms with Crippen molar-refractivity contribution in [2.75, 3.05) is 0 Å². The predicted octanol–water partition coefficient (Wildman–Crippen LogP) is 5.26. The molecule has 1 unspecified atom stereocenters. The number of hydrogen-bond acceptors (Lipinski definition) is 0. The Hall–Kier alpha value is -0.610. The van der Waals surface area contributed by atoms with E-state index in [2.05, 4.69) is 47.7 Å². The Kier molecular flexibility index (Phi) is 4.62. The van der Waals surface area contributed by atoms with Crippen LogP contribution in [0.2, 0.25) is 0 Å². The average Bonchev–Trinajstić information content (AvgIpc) is 2.28. The lowest BCUT2D eigenvalue weighted by molar-refractivity contribution is 0.625. The van der Waals surface area contributed by atoms with Gasteiger partial charge in [-0.3, -0.25) is 0 Å². The molecule has 0 nitrogen and oxygen atoms in total. The van der Waals surface area contributed by atoms with Crippen molar-refractivity contribution in [3.8, 4) is 0 Å². The minimum Gasteiger partial charge on any atom is -0.207 e. The first kappa shape index (κ1) is 13.8. The molecular formula is C15H13ClFI. The zero-order valence-electron chi connectivity index (χ0n) is 9.96. The summed E-state index contributed by atoms with van der Waals surface area (Å²) in [6.45, 7) is 2.06. The molecule has 2 aromatic rings. The molecule has 2 aromatic carbocycles. The highest BCUT2D eigenvalue weighted by atomic mass is 127. The highest BCUT2D eigenvalue weighted by Crippen LogP contribution is 2.29. The Morgan fingerprint density at radius 3 is 2.67 bits per heavy atom. The molecule has 0 aliphatic rings. The lowest BCUT2D eigenvalue weighted by Crippen LogP contribution is -1.99. The minimum absolute atomic E-state index is 0.126. The zero-order valence-corrected chi connectivity index (χ0v) is 12.9. The summed E-state index contributed by atoms with van der Waals surface area (Å²) in [6.07, 6.45) is 0.755. The average molecular weight is 375 g/mol. The van der Waals surface area contributed by atoms with Crippen LogP contribution in [-0.2, 0) is 6.42 Å². The van der Waals surface area contributed by atoms with Gasteiger partial charge in [-0.15, -0.1) is 11.6 Å². The summed E-state index contributed by atoms with van der Waals surface area (Å²) in [5, 5.41) is -0.126. The van der Waals surface area contributed by atoms with Crippen LogP contribution in [0.4, 0.5) is 4.39 Å². The second-order valence-electron chi connectivity index (χ2n) is 4.33. The van der Waals surface area contributed by atoms with Gasteiger partial charge in [-0.1, -0.05) is 35.9 Å². The largest absolute Gasteiger partial charge is 0.207 e. The molecule has 94 valence electrons. The van der Waals surface area contributed by atoms with Crippen LogP contribution in [0.25, 0.3) is 0 Å². The Morgan fingerprint density at radius 2 is 2.00 bits per heavy atom. The van der Waals surface area contributed by atoms with Gasteiger partial charge in [0.15, 0.2) is 0 Å². The van der Waals surface area contributed by atoms with E-state index in [1.165, 1.54) is 23.3 Å². The normalized spacial score (nSPS) is 12.4. The molecule has 2 rings (SSSR count). The molecule has 0 saturated carbocycles. The van der Waals surface area contributed by atoms with Crippen LogP contribution < -0.4 is 0 Å². The van der Waals surface area contributed by atoms with Crippen LogP contribution in [0.5, 0.6) is 0 Å². The first-order chi connectivity index (χ1) is 8.56. The fraction of sp³-hybridized carbons (Fsp3) is 0.200. The predicted molar refractivity (Wildman–Crippen MR) is 82.6 cm³/mol. The van der Waals surface area contributed by atoms with Crippen molar-refractivity contribution < 1.29 is 4.39 Å². The van der Waals surface area contributed by atoms with Gasteiger partial charge in [-0.2, -0.15) is 0 Å². The van der Waals surface area contributed by atoms with E-state index < -0.39 is 0 Å². The number of halogens is 3. The minimum atomic E-state index is -0.220. The molecule has 0 aromatic heterocycles. The fourth-order valence-electron chi connectivity index (χ4n) is 1.91. The molecular weight excluding hydrogens is 362 g/mol. The Labute approximate surface area is 125 Å². The standard InChI is InChI=1S/C15H13ClFI/c1-10-3-2-4-11(7-10)8-14(16)13-6-5-12(17)9-15(13)18/h2-7,9,14H,8H2,1H3. The SMILES string of the molecule is Cc1cccc(CC(Cl)c2ccc(F)cc2I)c1. The second-order valence-corrected chi connectivity index (χ2v) is 6.02. The third-order valence-corrected chi connectivity index (χ3v) is 4.12. The van der Waals surface area contributed by atoms with Crippen LogP contribution in [0.1, 0.15) is 22.1 Å². The summed E-state index contributed by atoms with van der Waals surface area (Å²) in [4.78, 5) is 0. The number of benzene rings is 2. The van der Waals surface area contributed by atoms with Gasteiger partial charge in [0.25, 0.3) is 0 Å². The van der Waals surface area contributed by atoms with Gasteiger partial charge in [0.1, 0.15) is 5.82 Å². The topological polar surface area (TPSA) is 0 Å². The van der Waals surface area contributed by atoms with E-state index in [-0.39, 0.29) is 11.2 Å². The van der Waals surface area contributed by atoms with E-state index in [0.29, 0.717) is 0 Å². The van der Waals surface area contributed by atoms with Crippen LogP contribution in [0.15, 0.2) is 42.5 Å². The molecule has 0 N–H and O–H groups in total. The molecule has 0 radical (unpaired) electrons. The van der Waals surface area contributed by atoms with Crippen LogP contribution in [0.3, 0.4) is 0 Å². The van der Waals surface area contributed by atoms with Gasteiger partial charge in [0, 0.05) is 3.57 Å². The number of hydrogen-bond donors (Lipinski definition) is 0. The summed E-state index contributed by atoms with van der Waals surface area (Å²) in [5.74, 6) is -0.220. The van der Waals surface area contributed by atoms with E-state index in [9.17, 15) is 4.39 Å². The summed E-state index contributed by atoms with van der Waals surface area (Å²) < 4.78 is 13.9. The first-order valence-electron chi connectivity index (χ1n) is 5.71. The van der Waals surface area contributed by atoms with E-state index in [0.717, 1.165) is 15.6 Å². The number of aryl methyl sites for hydroxylation is 1. The summed E-state index contributed by atoms with van der Waals surface area (Å²) in [5.41, 5.74) is 3.42. The van der Waals surface area contributed by atoms with Crippen molar-refractivity contribution in [2.45, 2.75) is 18.7 Å². The summed E-state index contributed by atoms with van der Waals surface area (Å²) >= 11 is 8.55. The molecule has 0 amide bonds. The van der Waals surface area contributed by atoms with Gasteiger partial charge in [-0.05, 0) is 59.2 Å². The van der Waals surface area contributed by atoms with E-state index in [4.69, 9.17) is 11.6 Å². The third kappa shape index (κ3) is 3.45. The summed E-state index contributed by atoms with van der Waals surface area (Å²) in [6, 6.07) is 13.0. The molecule has 0 aliphatic carbocycles. The molecule has 18 heavy (non-hydrogen) atoms. The maximum Gasteiger partial charge on any atom is 0.124 e. The van der Waals surface area contributed by atoms with Crippen molar-refractivity contribution in [2.24, 2.45) is 0 Å². The quantitative estimate of drug-likeness (QED) is 0.508. The highest BCUT2D eigenvalue weighted by molar-refractivity contribution is 14.1. The molecule has 1 atom stereocenters.